The van der Waals surface area contributed by atoms with Gasteiger partial charge in [0.25, 0.3) is 0 Å². The topological polar surface area (TPSA) is 57.5 Å². The highest BCUT2D eigenvalue weighted by Gasteiger charge is 2.26. The maximum absolute atomic E-state index is 12.4. The number of nitrogens with one attached hydrogen (secondary N) is 1. The van der Waals surface area contributed by atoms with Gasteiger partial charge in [0, 0.05) is 26.0 Å². The van der Waals surface area contributed by atoms with Gasteiger partial charge < -0.3 is 19.9 Å². The lowest BCUT2D eigenvalue weighted by Crippen LogP contribution is -2.38. The lowest BCUT2D eigenvalue weighted by Gasteiger charge is -2.22. The van der Waals surface area contributed by atoms with Crippen LogP contribution in [0.3, 0.4) is 0 Å². The number of halogens is 1. The first kappa shape index (κ1) is 15.7. The molecule has 1 aliphatic rings. The Morgan fingerprint density at radius 1 is 1.52 bits per heavy atom. The lowest BCUT2D eigenvalue weighted by molar-refractivity contribution is 0.201. The lowest BCUT2D eigenvalue weighted by atomic mass is 10.1. The normalized spacial score (nSPS) is 16.2. The number of benzene rings is 1. The minimum Gasteiger partial charge on any atom is -0.508 e. The number of aromatic hydroxyl groups is 1. The third-order valence-corrected chi connectivity index (χ3v) is 4.57. The number of rotatable bonds is 3. The summed E-state index contributed by atoms with van der Waals surface area (Å²) in [4.78, 5) is 14.1. The van der Waals surface area contributed by atoms with Crippen LogP contribution in [0.5, 0.6) is 5.75 Å². The molecule has 0 unspecified atom stereocenters. The number of fused-ring (bicyclic) bond motifs is 1. The number of aromatic nitrogens is 1. The molecule has 0 saturated carbocycles. The molecular weight excluding hydrogens is 314 g/mol. The van der Waals surface area contributed by atoms with Crippen molar-refractivity contribution in [1.82, 2.24) is 14.8 Å². The van der Waals surface area contributed by atoms with Crippen LogP contribution in [0.2, 0.25) is 5.02 Å². The van der Waals surface area contributed by atoms with Crippen molar-refractivity contribution in [3.63, 3.8) is 0 Å². The summed E-state index contributed by atoms with van der Waals surface area (Å²) in [6.45, 7) is 0.481. The maximum Gasteiger partial charge on any atom is 0.317 e. The summed E-state index contributed by atoms with van der Waals surface area (Å²) in [6, 6.07) is 7.13. The van der Waals surface area contributed by atoms with Gasteiger partial charge in [-0.25, -0.2) is 4.79 Å². The largest absolute Gasteiger partial charge is 0.508 e. The molecule has 0 spiro atoms. The van der Waals surface area contributed by atoms with E-state index in [1.165, 1.54) is 0 Å². The number of phenolic OH excluding ortho intramolecular Hbond substituents is 1. The van der Waals surface area contributed by atoms with Crippen LogP contribution >= 0.6 is 11.6 Å². The van der Waals surface area contributed by atoms with Crippen LogP contribution in [0.25, 0.3) is 0 Å². The Morgan fingerprint density at radius 3 is 3.00 bits per heavy atom. The number of aryl methyl sites for hydroxylation is 1. The molecule has 1 aromatic heterocycles. The first-order valence-corrected chi connectivity index (χ1v) is 7.96. The summed E-state index contributed by atoms with van der Waals surface area (Å²) < 4.78 is 1.91. The smallest absolute Gasteiger partial charge is 0.317 e. The average Bonchev–Trinajstić information content (AvgIpc) is 3.04. The number of phenols is 1. The highest BCUT2D eigenvalue weighted by molar-refractivity contribution is 6.30. The van der Waals surface area contributed by atoms with E-state index in [0.29, 0.717) is 17.3 Å². The van der Waals surface area contributed by atoms with Crippen molar-refractivity contribution in [3.05, 3.63) is 52.3 Å². The van der Waals surface area contributed by atoms with Crippen LogP contribution in [-0.2, 0) is 20.0 Å². The molecule has 0 bridgehead atoms. The van der Waals surface area contributed by atoms with Gasteiger partial charge >= 0.3 is 6.03 Å². The molecule has 1 aliphatic carbocycles. The van der Waals surface area contributed by atoms with E-state index < -0.39 is 0 Å². The molecule has 0 radical (unpaired) electrons. The van der Waals surface area contributed by atoms with Crippen molar-refractivity contribution in [2.45, 2.75) is 25.4 Å². The Kier molecular flexibility index (Phi) is 4.22. The standard InChI is InChI=1S/C17H20ClN3O2/c1-20-9-11(18)8-12(20)10-21(2)17(23)19-15-7-6-14-13(15)4-3-5-16(14)22/h3-5,8-9,15,22H,6-7,10H2,1-2H3,(H,19,23)/t15-/m0/s1. The molecule has 0 aliphatic heterocycles. The first-order chi connectivity index (χ1) is 11.0. The van der Waals surface area contributed by atoms with E-state index in [1.54, 1.807) is 18.0 Å². The molecule has 6 heteroatoms. The summed E-state index contributed by atoms with van der Waals surface area (Å²) in [6.07, 6.45) is 3.41. The fraction of sp³-hybridized carbons (Fsp3) is 0.353. The number of carbonyl (C=O) groups excluding carboxylic acids is 1. The predicted molar refractivity (Wildman–Crippen MR) is 89.6 cm³/mol. The molecule has 1 atom stereocenters. The minimum atomic E-state index is -0.136. The van der Waals surface area contributed by atoms with E-state index in [9.17, 15) is 9.90 Å². The summed E-state index contributed by atoms with van der Waals surface area (Å²) in [5.74, 6) is 0.311. The third-order valence-electron chi connectivity index (χ3n) is 4.36. The number of nitrogens with zero attached hydrogens (tertiary/aromatic N) is 2. The number of hydrogen-bond donors (Lipinski definition) is 2. The first-order valence-electron chi connectivity index (χ1n) is 7.59. The van der Waals surface area contributed by atoms with Crippen molar-refractivity contribution >= 4 is 17.6 Å². The zero-order chi connectivity index (χ0) is 16.6. The fourth-order valence-corrected chi connectivity index (χ4v) is 3.35. The second-order valence-electron chi connectivity index (χ2n) is 6.00. The molecule has 2 N–H and O–H groups in total. The van der Waals surface area contributed by atoms with Crippen molar-refractivity contribution in [3.8, 4) is 5.75 Å². The highest BCUT2D eigenvalue weighted by atomic mass is 35.5. The zero-order valence-electron chi connectivity index (χ0n) is 13.2. The van der Waals surface area contributed by atoms with Crippen molar-refractivity contribution in [2.75, 3.05) is 7.05 Å². The second-order valence-corrected chi connectivity index (χ2v) is 6.44. The molecule has 0 fully saturated rings. The van der Waals surface area contributed by atoms with Gasteiger partial charge in [-0.15, -0.1) is 0 Å². The van der Waals surface area contributed by atoms with Crippen LogP contribution in [-0.4, -0.2) is 27.7 Å². The molecule has 0 saturated heterocycles. The van der Waals surface area contributed by atoms with Crippen LogP contribution in [0, 0.1) is 0 Å². The quantitative estimate of drug-likeness (QED) is 0.906. The van der Waals surface area contributed by atoms with E-state index in [2.05, 4.69) is 5.32 Å². The SMILES string of the molecule is CN(Cc1cc(Cl)cn1C)C(=O)N[C@H]1CCc2c(O)cccc21. The van der Waals surface area contributed by atoms with Crippen molar-refractivity contribution in [1.29, 1.82) is 0 Å². The van der Waals surface area contributed by atoms with Crippen LogP contribution in [0.4, 0.5) is 4.79 Å². The summed E-state index contributed by atoms with van der Waals surface area (Å²) >= 11 is 5.97. The minimum absolute atomic E-state index is 0.0518. The van der Waals surface area contributed by atoms with E-state index in [1.807, 2.05) is 36.0 Å². The molecule has 5 nitrogen and oxygen atoms in total. The van der Waals surface area contributed by atoms with Gasteiger partial charge in [0.05, 0.1) is 17.6 Å². The molecule has 1 aromatic carbocycles. The van der Waals surface area contributed by atoms with Crippen molar-refractivity contribution in [2.24, 2.45) is 7.05 Å². The van der Waals surface area contributed by atoms with Crippen molar-refractivity contribution < 1.29 is 9.90 Å². The Morgan fingerprint density at radius 2 is 2.30 bits per heavy atom. The number of amides is 2. The Bertz CT molecular complexity index is 741. The monoisotopic (exact) mass is 333 g/mol. The van der Waals surface area contributed by atoms with Crippen LogP contribution in [0.1, 0.15) is 29.3 Å². The Labute approximate surface area is 140 Å². The van der Waals surface area contributed by atoms with E-state index in [0.717, 1.165) is 29.7 Å². The predicted octanol–water partition coefficient (Wildman–Crippen LogP) is 3.21. The Hall–Kier alpha value is -2.14. The molecule has 122 valence electrons. The second kappa shape index (κ2) is 6.16. The molecule has 2 aromatic rings. The molecule has 1 heterocycles. The number of carbonyl (C=O) groups is 1. The van der Waals surface area contributed by atoms with Gasteiger partial charge in [0.15, 0.2) is 0 Å². The highest BCUT2D eigenvalue weighted by Crippen LogP contribution is 2.36. The Balaban J connectivity index is 1.66. The van der Waals surface area contributed by atoms with Crippen LogP contribution < -0.4 is 5.32 Å². The van der Waals surface area contributed by atoms with Gasteiger partial charge in [-0.05, 0) is 36.1 Å². The average molecular weight is 334 g/mol. The van der Waals surface area contributed by atoms with E-state index in [-0.39, 0.29) is 12.1 Å². The van der Waals surface area contributed by atoms with E-state index in [4.69, 9.17) is 11.6 Å². The van der Waals surface area contributed by atoms with Gasteiger partial charge in [0.2, 0.25) is 0 Å². The molecule has 3 rings (SSSR count). The summed E-state index contributed by atoms with van der Waals surface area (Å²) in [5.41, 5.74) is 2.92. The summed E-state index contributed by atoms with van der Waals surface area (Å²) in [5, 5.41) is 13.6. The van der Waals surface area contributed by atoms with Gasteiger partial charge in [-0.1, -0.05) is 23.7 Å². The number of urea groups is 1. The molecule has 2 amide bonds. The summed E-state index contributed by atoms with van der Waals surface area (Å²) in [7, 11) is 3.66. The third kappa shape index (κ3) is 3.15. The number of hydrogen-bond acceptors (Lipinski definition) is 2. The molecule has 23 heavy (non-hydrogen) atoms. The van der Waals surface area contributed by atoms with Gasteiger partial charge in [-0.2, -0.15) is 0 Å². The zero-order valence-corrected chi connectivity index (χ0v) is 14.0. The maximum atomic E-state index is 12.4. The van der Waals surface area contributed by atoms with Crippen LogP contribution in [0.15, 0.2) is 30.5 Å². The van der Waals surface area contributed by atoms with E-state index >= 15 is 0 Å². The van der Waals surface area contributed by atoms with Gasteiger partial charge in [0.1, 0.15) is 5.75 Å². The van der Waals surface area contributed by atoms with Gasteiger partial charge in [-0.3, -0.25) is 0 Å². The fourth-order valence-electron chi connectivity index (χ4n) is 3.08. The molecular formula is C17H20ClN3O2.